The smallest absolute Gasteiger partial charge is 0.303 e. The molecule has 17 heavy (non-hydrogen) atoms. The molecule has 1 aromatic rings. The first kappa shape index (κ1) is 13.5. The van der Waals surface area contributed by atoms with Crippen LogP contribution in [0.1, 0.15) is 18.1 Å². The number of hydrogen-bond donors (Lipinski definition) is 1. The first-order valence-corrected chi connectivity index (χ1v) is 5.64. The van der Waals surface area contributed by atoms with Crippen LogP contribution in [-0.4, -0.2) is 23.8 Å². The Morgan fingerprint density at radius 1 is 1.47 bits per heavy atom. The van der Waals surface area contributed by atoms with Crippen LogP contribution in [-0.2, 0) is 22.4 Å². The molecule has 0 radical (unpaired) electrons. The van der Waals surface area contributed by atoms with Gasteiger partial charge in [0.1, 0.15) is 6.10 Å². The summed E-state index contributed by atoms with van der Waals surface area (Å²) in [6.07, 6.45) is 2.52. The van der Waals surface area contributed by atoms with E-state index in [4.69, 9.17) is 9.84 Å². The highest BCUT2D eigenvalue weighted by Gasteiger charge is 2.11. The summed E-state index contributed by atoms with van der Waals surface area (Å²) in [6.45, 7) is 5.16. The zero-order valence-corrected chi connectivity index (χ0v) is 10.1. The van der Waals surface area contributed by atoms with E-state index in [1.54, 1.807) is 6.08 Å². The highest BCUT2D eigenvalue weighted by atomic mass is 16.5. The van der Waals surface area contributed by atoms with Gasteiger partial charge in [-0.15, -0.1) is 0 Å². The minimum absolute atomic E-state index is 0.114. The third kappa shape index (κ3) is 4.41. The largest absolute Gasteiger partial charge is 0.458 e. The molecule has 92 valence electrons. The highest BCUT2D eigenvalue weighted by molar-refractivity contribution is 5.66. The SMILES string of the molecule is C=CC(Cc1ccccc1CCO)OC(C)=O. The van der Waals surface area contributed by atoms with E-state index >= 15 is 0 Å². The van der Waals surface area contributed by atoms with Crippen molar-refractivity contribution >= 4 is 5.97 Å². The molecule has 3 heteroatoms. The second kappa shape index (κ2) is 6.86. The predicted octanol–water partition coefficient (Wildman–Crippen LogP) is 1.88. The number of aliphatic hydroxyl groups excluding tert-OH is 1. The molecule has 0 heterocycles. The van der Waals surface area contributed by atoms with E-state index in [9.17, 15) is 4.79 Å². The Labute approximate surface area is 102 Å². The lowest BCUT2D eigenvalue weighted by Gasteiger charge is -2.15. The molecule has 0 aliphatic carbocycles. The molecule has 0 saturated carbocycles. The van der Waals surface area contributed by atoms with Gasteiger partial charge in [-0.05, 0) is 17.5 Å². The lowest BCUT2D eigenvalue weighted by molar-refractivity contribution is -0.144. The summed E-state index contributed by atoms with van der Waals surface area (Å²) < 4.78 is 5.12. The van der Waals surface area contributed by atoms with Crippen molar-refractivity contribution in [3.05, 3.63) is 48.0 Å². The normalized spacial score (nSPS) is 11.9. The third-order valence-electron chi connectivity index (χ3n) is 2.50. The molecule has 1 rings (SSSR count). The first-order chi connectivity index (χ1) is 8.17. The second-order valence-corrected chi connectivity index (χ2v) is 3.83. The van der Waals surface area contributed by atoms with Crippen molar-refractivity contribution in [1.82, 2.24) is 0 Å². The van der Waals surface area contributed by atoms with Crippen LogP contribution in [0.25, 0.3) is 0 Å². The molecule has 0 aromatic heterocycles. The van der Waals surface area contributed by atoms with Gasteiger partial charge in [-0.1, -0.05) is 36.9 Å². The maximum atomic E-state index is 10.9. The maximum Gasteiger partial charge on any atom is 0.303 e. The lowest BCUT2D eigenvalue weighted by atomic mass is 9.99. The third-order valence-corrected chi connectivity index (χ3v) is 2.50. The van der Waals surface area contributed by atoms with Gasteiger partial charge in [0.05, 0.1) is 0 Å². The van der Waals surface area contributed by atoms with E-state index in [0.29, 0.717) is 12.8 Å². The summed E-state index contributed by atoms with van der Waals surface area (Å²) in [5.74, 6) is -0.311. The van der Waals surface area contributed by atoms with Crippen molar-refractivity contribution in [1.29, 1.82) is 0 Å². The van der Waals surface area contributed by atoms with Crippen molar-refractivity contribution in [2.24, 2.45) is 0 Å². The monoisotopic (exact) mass is 234 g/mol. The molecular weight excluding hydrogens is 216 g/mol. The number of ether oxygens (including phenoxy) is 1. The molecule has 1 atom stereocenters. The number of esters is 1. The molecule has 1 aromatic carbocycles. The van der Waals surface area contributed by atoms with E-state index in [-0.39, 0.29) is 18.7 Å². The predicted molar refractivity (Wildman–Crippen MR) is 66.7 cm³/mol. The Balaban J connectivity index is 2.77. The van der Waals surface area contributed by atoms with Gasteiger partial charge < -0.3 is 9.84 Å². The van der Waals surface area contributed by atoms with Gasteiger partial charge in [-0.25, -0.2) is 0 Å². The summed E-state index contributed by atoms with van der Waals surface area (Å²) in [5.41, 5.74) is 2.15. The summed E-state index contributed by atoms with van der Waals surface area (Å²) in [6, 6.07) is 7.82. The second-order valence-electron chi connectivity index (χ2n) is 3.83. The quantitative estimate of drug-likeness (QED) is 0.604. The van der Waals surface area contributed by atoms with E-state index in [2.05, 4.69) is 6.58 Å². The van der Waals surface area contributed by atoms with Crippen LogP contribution in [0, 0.1) is 0 Å². The molecule has 0 fully saturated rings. The molecule has 0 amide bonds. The average molecular weight is 234 g/mol. The first-order valence-electron chi connectivity index (χ1n) is 5.64. The molecule has 1 unspecified atom stereocenters. The highest BCUT2D eigenvalue weighted by Crippen LogP contribution is 2.14. The van der Waals surface area contributed by atoms with Crippen molar-refractivity contribution < 1.29 is 14.6 Å². The summed E-state index contributed by atoms with van der Waals surface area (Å²) in [4.78, 5) is 10.9. The number of benzene rings is 1. The zero-order chi connectivity index (χ0) is 12.7. The standard InChI is InChI=1S/C14H18O3/c1-3-14(17-11(2)16)10-13-7-5-4-6-12(13)8-9-15/h3-7,14-15H,1,8-10H2,2H3. The Bertz CT molecular complexity index is 385. The van der Waals surface area contributed by atoms with Gasteiger partial charge >= 0.3 is 5.97 Å². The number of hydrogen-bond acceptors (Lipinski definition) is 3. The van der Waals surface area contributed by atoms with Gasteiger partial charge in [0, 0.05) is 20.0 Å². The van der Waals surface area contributed by atoms with Crippen LogP contribution in [0.3, 0.4) is 0 Å². The van der Waals surface area contributed by atoms with Crippen LogP contribution in [0.15, 0.2) is 36.9 Å². The van der Waals surface area contributed by atoms with Crippen LogP contribution in [0.5, 0.6) is 0 Å². The van der Waals surface area contributed by atoms with Crippen molar-refractivity contribution in [3.8, 4) is 0 Å². The van der Waals surface area contributed by atoms with Gasteiger partial charge in [0.2, 0.25) is 0 Å². The van der Waals surface area contributed by atoms with Crippen molar-refractivity contribution in [3.63, 3.8) is 0 Å². The van der Waals surface area contributed by atoms with Crippen molar-refractivity contribution in [2.75, 3.05) is 6.61 Å². The van der Waals surface area contributed by atoms with Gasteiger partial charge in [0.15, 0.2) is 0 Å². The minimum atomic E-state index is -0.313. The number of rotatable bonds is 6. The van der Waals surface area contributed by atoms with Crippen LogP contribution < -0.4 is 0 Å². The Kier molecular flexibility index (Phi) is 5.43. The maximum absolute atomic E-state index is 10.9. The number of aliphatic hydroxyl groups is 1. The van der Waals surface area contributed by atoms with Crippen LogP contribution in [0.4, 0.5) is 0 Å². The van der Waals surface area contributed by atoms with E-state index < -0.39 is 0 Å². The van der Waals surface area contributed by atoms with Gasteiger partial charge in [-0.2, -0.15) is 0 Å². The Morgan fingerprint density at radius 2 is 2.12 bits per heavy atom. The van der Waals surface area contributed by atoms with Crippen molar-refractivity contribution in [2.45, 2.75) is 25.9 Å². The average Bonchev–Trinajstić information content (AvgIpc) is 2.30. The molecule has 0 saturated heterocycles. The molecule has 1 N–H and O–H groups in total. The fraction of sp³-hybridized carbons (Fsp3) is 0.357. The van der Waals surface area contributed by atoms with E-state index in [1.165, 1.54) is 6.92 Å². The lowest BCUT2D eigenvalue weighted by Crippen LogP contribution is -2.17. The van der Waals surface area contributed by atoms with Crippen LogP contribution >= 0.6 is 0 Å². The number of carbonyl (C=O) groups excluding carboxylic acids is 1. The fourth-order valence-corrected chi connectivity index (χ4v) is 1.72. The molecule has 0 aliphatic rings. The van der Waals surface area contributed by atoms with E-state index in [1.807, 2.05) is 24.3 Å². The summed E-state index contributed by atoms with van der Waals surface area (Å²) >= 11 is 0. The minimum Gasteiger partial charge on any atom is -0.458 e. The fourth-order valence-electron chi connectivity index (χ4n) is 1.72. The summed E-state index contributed by atoms with van der Waals surface area (Å²) in [7, 11) is 0. The Hall–Kier alpha value is -1.61. The number of carbonyl (C=O) groups is 1. The molecule has 3 nitrogen and oxygen atoms in total. The van der Waals surface area contributed by atoms with E-state index in [0.717, 1.165) is 11.1 Å². The van der Waals surface area contributed by atoms with Gasteiger partial charge in [0.25, 0.3) is 0 Å². The molecular formula is C14H18O3. The topological polar surface area (TPSA) is 46.5 Å². The Morgan fingerprint density at radius 3 is 2.65 bits per heavy atom. The molecule has 0 aliphatic heterocycles. The van der Waals surface area contributed by atoms with Gasteiger partial charge in [-0.3, -0.25) is 4.79 Å². The zero-order valence-electron chi connectivity index (χ0n) is 10.1. The van der Waals surface area contributed by atoms with Crippen LogP contribution in [0.2, 0.25) is 0 Å². The molecule has 0 bridgehead atoms. The molecule has 0 spiro atoms. The summed E-state index contributed by atoms with van der Waals surface area (Å²) in [5, 5.41) is 8.98.